The zero-order chi connectivity index (χ0) is 23.3. The first kappa shape index (κ1) is 28.3. The average Bonchev–Trinajstić information content (AvgIpc) is 3.04. The van der Waals surface area contributed by atoms with Gasteiger partial charge < -0.3 is 4.55 Å². The second-order valence-corrected chi connectivity index (χ2v) is 9.88. The van der Waals surface area contributed by atoms with Crippen molar-refractivity contribution in [3.63, 3.8) is 0 Å². The average molecular weight is 486 g/mol. The summed E-state index contributed by atoms with van der Waals surface area (Å²) in [6.45, 7) is 2.14. The lowest BCUT2D eigenvalue weighted by Crippen LogP contribution is -2.63. The molecule has 174 valence electrons. The van der Waals surface area contributed by atoms with Crippen LogP contribution in [-0.4, -0.2) is 59.3 Å². The molecule has 0 radical (unpaired) electrons. The number of hydrogen-bond acceptors (Lipinski definition) is 4. The Kier molecular flexibility index (Phi) is 9.83. The van der Waals surface area contributed by atoms with Gasteiger partial charge in [-0.25, -0.2) is 8.42 Å². The number of alkyl halides is 9. The number of rotatable bonds is 8. The molecule has 0 saturated carbocycles. The van der Waals surface area contributed by atoms with Crippen LogP contribution in [0.4, 0.5) is 39.5 Å². The molecule has 0 aliphatic carbocycles. The highest BCUT2D eigenvalue weighted by molar-refractivity contribution is 7.97. The first-order valence-corrected chi connectivity index (χ1v) is 11.3. The van der Waals surface area contributed by atoms with Gasteiger partial charge in [0.1, 0.15) is 11.5 Å². The fourth-order valence-corrected chi connectivity index (χ4v) is 4.81. The van der Waals surface area contributed by atoms with E-state index in [0.29, 0.717) is 16.7 Å². The van der Waals surface area contributed by atoms with Crippen molar-refractivity contribution in [2.24, 2.45) is 0 Å². The van der Waals surface area contributed by atoms with Crippen molar-refractivity contribution in [1.29, 1.82) is 0 Å². The van der Waals surface area contributed by atoms with Crippen molar-refractivity contribution in [2.45, 2.75) is 62.3 Å². The number of carbonyl (C=O) groups excluding carboxylic acids is 1. The van der Waals surface area contributed by atoms with Gasteiger partial charge in [-0.2, -0.15) is 39.5 Å². The molecule has 0 bridgehead atoms. The van der Waals surface area contributed by atoms with Crippen LogP contribution < -0.4 is 0 Å². The maximum Gasteiger partial charge on any atom is 0.460 e. The van der Waals surface area contributed by atoms with E-state index in [-0.39, 0.29) is 0 Å². The van der Waals surface area contributed by atoms with Crippen LogP contribution in [-0.2, 0) is 25.8 Å². The predicted octanol–water partition coefficient (Wildman–Crippen LogP) is 4.12. The molecule has 0 aromatic rings. The standard InChI is InChI=1S/C10H19OS.C4HF9O3S/c1-2-3-6-10(11)9-12-7-4-5-8-12;5-1(6,3(9,10)11)2(7,8)4(12,13)17(14,15)16/h2-9H2,1H3;(H,14,15,16)/q+1;/p-1. The number of hydrogen-bond donors (Lipinski definition) is 0. The Hall–Kier alpha value is -0.700. The van der Waals surface area contributed by atoms with E-state index in [0.717, 1.165) is 25.0 Å². The van der Waals surface area contributed by atoms with Crippen LogP contribution >= 0.6 is 0 Å². The van der Waals surface area contributed by atoms with Gasteiger partial charge >= 0.3 is 23.3 Å². The second kappa shape index (κ2) is 10.1. The van der Waals surface area contributed by atoms with Crippen molar-refractivity contribution >= 4 is 26.8 Å². The Morgan fingerprint density at radius 2 is 1.38 bits per heavy atom. The molecule has 15 heteroatoms. The summed E-state index contributed by atoms with van der Waals surface area (Å²) < 4.78 is 135. The molecule has 1 fully saturated rings. The smallest absolute Gasteiger partial charge is 0.460 e. The summed E-state index contributed by atoms with van der Waals surface area (Å²) in [5, 5.41) is -7.11. The third kappa shape index (κ3) is 6.91. The summed E-state index contributed by atoms with van der Waals surface area (Å²) in [4.78, 5) is 11.4. The highest BCUT2D eigenvalue weighted by atomic mass is 32.2. The molecule has 0 aromatic heterocycles. The molecule has 0 aromatic carbocycles. The predicted molar refractivity (Wildman–Crippen MR) is 86.3 cm³/mol. The van der Waals surface area contributed by atoms with Gasteiger partial charge in [0, 0.05) is 6.42 Å². The number of Topliss-reactive ketones (excluding diaryl/α,β-unsaturated/α-hetero) is 1. The van der Waals surface area contributed by atoms with Crippen molar-refractivity contribution in [2.75, 3.05) is 17.3 Å². The van der Waals surface area contributed by atoms with Crippen LogP contribution in [0, 0.1) is 0 Å². The SMILES string of the molecule is CCCCC(=O)C[S+]1CCCC1.O=S(=O)([O-])C(F)(F)C(F)(F)C(F)(F)C(F)(F)F. The largest absolute Gasteiger partial charge is 0.743 e. The summed E-state index contributed by atoms with van der Waals surface area (Å²) in [7, 11) is -6.93. The molecule has 1 rings (SSSR count). The van der Waals surface area contributed by atoms with Crippen LogP contribution in [0.1, 0.15) is 39.0 Å². The molecular formula is C14H19F9O4S2. The lowest BCUT2D eigenvalue weighted by molar-refractivity contribution is -0.382. The van der Waals surface area contributed by atoms with Gasteiger partial charge in [0.2, 0.25) is 0 Å². The summed E-state index contributed by atoms with van der Waals surface area (Å²) in [6, 6.07) is 0. The third-order valence-corrected chi connectivity index (χ3v) is 7.07. The van der Waals surface area contributed by atoms with E-state index in [2.05, 4.69) is 6.92 Å². The molecule has 1 aliphatic rings. The van der Waals surface area contributed by atoms with Gasteiger partial charge in [-0.05, 0) is 30.2 Å². The van der Waals surface area contributed by atoms with Gasteiger partial charge in [0.15, 0.2) is 21.7 Å². The zero-order valence-electron chi connectivity index (χ0n) is 15.0. The molecule has 1 heterocycles. The Bertz CT molecular complexity index is 642. The van der Waals surface area contributed by atoms with Crippen molar-refractivity contribution in [1.82, 2.24) is 0 Å². The van der Waals surface area contributed by atoms with Crippen LogP contribution in [0.25, 0.3) is 0 Å². The van der Waals surface area contributed by atoms with Gasteiger partial charge in [-0.15, -0.1) is 0 Å². The van der Waals surface area contributed by atoms with Crippen molar-refractivity contribution < 1.29 is 57.3 Å². The zero-order valence-corrected chi connectivity index (χ0v) is 16.6. The second-order valence-electron chi connectivity index (χ2n) is 6.13. The Balaban J connectivity index is 0.000000571. The van der Waals surface area contributed by atoms with Gasteiger partial charge in [-0.3, -0.25) is 4.79 Å². The topological polar surface area (TPSA) is 74.3 Å². The maximum absolute atomic E-state index is 12.2. The lowest BCUT2D eigenvalue weighted by Gasteiger charge is -2.34. The van der Waals surface area contributed by atoms with Crippen molar-refractivity contribution in [3.05, 3.63) is 0 Å². The van der Waals surface area contributed by atoms with Crippen molar-refractivity contribution in [3.8, 4) is 0 Å². The van der Waals surface area contributed by atoms with E-state index in [1.807, 2.05) is 0 Å². The molecule has 1 aliphatic heterocycles. The van der Waals surface area contributed by atoms with Crippen LogP contribution in [0.2, 0.25) is 0 Å². The maximum atomic E-state index is 12.2. The van der Waals surface area contributed by atoms with E-state index in [1.165, 1.54) is 24.3 Å². The first-order chi connectivity index (χ1) is 12.8. The number of unbranched alkanes of at least 4 members (excludes halogenated alkanes) is 1. The number of ketones is 1. The van der Waals surface area contributed by atoms with E-state index >= 15 is 0 Å². The first-order valence-electron chi connectivity index (χ1n) is 8.14. The normalized spacial score (nSPS) is 17.1. The van der Waals surface area contributed by atoms with Gasteiger partial charge in [0.25, 0.3) is 0 Å². The van der Waals surface area contributed by atoms with Crippen LogP contribution in [0.15, 0.2) is 0 Å². The van der Waals surface area contributed by atoms with E-state index in [4.69, 9.17) is 0 Å². The quantitative estimate of drug-likeness (QED) is 0.294. The summed E-state index contributed by atoms with van der Waals surface area (Å²) >= 11 is 0. The van der Waals surface area contributed by atoms with E-state index < -0.39 is 33.4 Å². The molecule has 1 saturated heterocycles. The summed E-state index contributed by atoms with van der Waals surface area (Å²) in [5.41, 5.74) is 0. The third-order valence-electron chi connectivity index (χ3n) is 3.72. The lowest BCUT2D eigenvalue weighted by atomic mass is 10.1. The fourth-order valence-electron chi connectivity index (χ4n) is 2.05. The Morgan fingerprint density at radius 1 is 0.931 bits per heavy atom. The van der Waals surface area contributed by atoms with E-state index in [9.17, 15) is 57.3 Å². The molecule has 0 N–H and O–H groups in total. The minimum absolute atomic E-state index is 0.490. The van der Waals surface area contributed by atoms with Gasteiger partial charge in [-0.1, -0.05) is 13.3 Å². The molecule has 0 unspecified atom stereocenters. The summed E-state index contributed by atoms with van der Waals surface area (Å²) in [6.07, 6.45) is -1.35. The molecule has 0 amide bonds. The Labute approximate surface area is 164 Å². The minimum atomic E-state index is -7.43. The molecule has 0 spiro atoms. The molecular weight excluding hydrogens is 467 g/mol. The molecule has 4 nitrogen and oxygen atoms in total. The van der Waals surface area contributed by atoms with Crippen LogP contribution in [0.5, 0.6) is 0 Å². The molecule has 0 atom stereocenters. The van der Waals surface area contributed by atoms with Gasteiger partial charge in [0.05, 0.1) is 0 Å². The molecule has 29 heavy (non-hydrogen) atoms. The van der Waals surface area contributed by atoms with Crippen LogP contribution in [0.3, 0.4) is 0 Å². The highest BCUT2D eigenvalue weighted by Gasteiger charge is 2.83. The monoisotopic (exact) mass is 486 g/mol. The number of carbonyl (C=O) groups is 1. The number of halogens is 9. The minimum Gasteiger partial charge on any atom is -0.743 e. The van der Waals surface area contributed by atoms with E-state index in [1.54, 1.807) is 0 Å². The summed E-state index contributed by atoms with van der Waals surface area (Å²) in [5.74, 6) is -10.7. The fraction of sp³-hybridized carbons (Fsp3) is 0.929. The highest BCUT2D eigenvalue weighted by Crippen LogP contribution is 2.54. The Morgan fingerprint density at radius 3 is 1.72 bits per heavy atom.